The van der Waals surface area contributed by atoms with E-state index in [1.807, 2.05) is 0 Å². The second-order valence-corrected chi connectivity index (χ2v) is 4.72. The highest BCUT2D eigenvalue weighted by atomic mass is 16.3. The van der Waals surface area contributed by atoms with E-state index in [-0.39, 0.29) is 23.6 Å². The molecule has 1 aliphatic rings. The molecule has 1 aromatic rings. The zero-order valence-electron chi connectivity index (χ0n) is 11.1. The highest BCUT2D eigenvalue weighted by Crippen LogP contribution is 2.04. The van der Waals surface area contributed by atoms with Crippen molar-refractivity contribution in [2.45, 2.75) is 31.8 Å². The summed E-state index contributed by atoms with van der Waals surface area (Å²) in [5.74, 6) is -0.565. The summed E-state index contributed by atoms with van der Waals surface area (Å²) in [6.45, 7) is 2.01. The maximum absolute atomic E-state index is 11.9. The van der Waals surface area contributed by atoms with E-state index in [2.05, 4.69) is 16.0 Å². The number of furan rings is 1. The molecule has 0 saturated carbocycles. The van der Waals surface area contributed by atoms with Crippen LogP contribution in [-0.4, -0.2) is 36.3 Å². The summed E-state index contributed by atoms with van der Waals surface area (Å²) in [4.78, 5) is 34.7. The van der Waals surface area contributed by atoms with E-state index < -0.39 is 11.9 Å². The minimum absolute atomic E-state index is 0.00494. The minimum Gasteiger partial charge on any atom is -0.459 e. The fourth-order valence-corrected chi connectivity index (χ4v) is 1.92. The molecule has 2 rings (SSSR count). The maximum Gasteiger partial charge on any atom is 0.287 e. The molecule has 7 heteroatoms. The van der Waals surface area contributed by atoms with E-state index in [1.54, 1.807) is 13.0 Å². The summed E-state index contributed by atoms with van der Waals surface area (Å²) >= 11 is 0. The van der Waals surface area contributed by atoms with Gasteiger partial charge in [0.1, 0.15) is 6.04 Å². The molecular weight excluding hydrogens is 262 g/mol. The van der Waals surface area contributed by atoms with Gasteiger partial charge in [0.15, 0.2) is 5.76 Å². The van der Waals surface area contributed by atoms with Crippen molar-refractivity contribution in [1.29, 1.82) is 0 Å². The van der Waals surface area contributed by atoms with Crippen molar-refractivity contribution in [3.63, 3.8) is 0 Å². The lowest BCUT2D eigenvalue weighted by molar-refractivity contribution is -0.126. The highest BCUT2D eigenvalue weighted by molar-refractivity contribution is 5.95. The van der Waals surface area contributed by atoms with Gasteiger partial charge in [0, 0.05) is 19.0 Å². The molecule has 2 heterocycles. The van der Waals surface area contributed by atoms with Gasteiger partial charge in [-0.15, -0.1) is 0 Å². The van der Waals surface area contributed by atoms with E-state index in [9.17, 15) is 14.4 Å². The smallest absolute Gasteiger partial charge is 0.287 e. The molecule has 7 nitrogen and oxygen atoms in total. The van der Waals surface area contributed by atoms with E-state index in [4.69, 9.17) is 4.42 Å². The molecule has 1 aromatic heterocycles. The molecular formula is C13H17N3O4. The number of rotatable bonds is 4. The first-order valence-electron chi connectivity index (χ1n) is 6.47. The Morgan fingerprint density at radius 1 is 1.50 bits per heavy atom. The van der Waals surface area contributed by atoms with Gasteiger partial charge in [0.25, 0.3) is 5.91 Å². The molecule has 0 spiro atoms. The average Bonchev–Trinajstić information content (AvgIpc) is 2.95. The summed E-state index contributed by atoms with van der Waals surface area (Å²) in [5, 5.41) is 8.02. The van der Waals surface area contributed by atoms with Crippen molar-refractivity contribution in [3.8, 4) is 0 Å². The van der Waals surface area contributed by atoms with Gasteiger partial charge in [-0.3, -0.25) is 14.4 Å². The number of hydrogen-bond acceptors (Lipinski definition) is 4. The number of carbonyl (C=O) groups excluding carboxylic acids is 3. The average molecular weight is 279 g/mol. The van der Waals surface area contributed by atoms with Crippen molar-refractivity contribution >= 4 is 17.7 Å². The van der Waals surface area contributed by atoms with Crippen molar-refractivity contribution in [1.82, 2.24) is 16.0 Å². The maximum atomic E-state index is 11.9. The van der Waals surface area contributed by atoms with E-state index in [0.29, 0.717) is 19.4 Å². The molecule has 1 fully saturated rings. The second-order valence-electron chi connectivity index (χ2n) is 4.72. The predicted molar refractivity (Wildman–Crippen MR) is 69.8 cm³/mol. The van der Waals surface area contributed by atoms with Crippen LogP contribution in [0.5, 0.6) is 0 Å². The van der Waals surface area contributed by atoms with Gasteiger partial charge in [-0.25, -0.2) is 0 Å². The summed E-state index contributed by atoms with van der Waals surface area (Å²) in [6, 6.07) is 2.36. The first-order valence-corrected chi connectivity index (χ1v) is 6.47. The summed E-state index contributed by atoms with van der Waals surface area (Å²) in [6.07, 6.45) is 2.40. The fourth-order valence-electron chi connectivity index (χ4n) is 1.92. The monoisotopic (exact) mass is 279 g/mol. The minimum atomic E-state index is -0.676. The Hall–Kier alpha value is -2.31. The Morgan fingerprint density at radius 3 is 2.90 bits per heavy atom. The molecule has 1 saturated heterocycles. The molecule has 3 N–H and O–H groups in total. The quantitative estimate of drug-likeness (QED) is 0.710. The summed E-state index contributed by atoms with van der Waals surface area (Å²) in [7, 11) is 0. The van der Waals surface area contributed by atoms with Crippen LogP contribution < -0.4 is 16.0 Å². The van der Waals surface area contributed by atoms with Crippen molar-refractivity contribution in [2.75, 3.05) is 6.54 Å². The van der Waals surface area contributed by atoms with Crippen molar-refractivity contribution < 1.29 is 18.8 Å². The lowest BCUT2D eigenvalue weighted by Crippen LogP contribution is -2.53. The Morgan fingerprint density at radius 2 is 2.30 bits per heavy atom. The molecule has 0 aromatic carbocycles. The van der Waals surface area contributed by atoms with Crippen LogP contribution in [0.3, 0.4) is 0 Å². The molecule has 3 amide bonds. The van der Waals surface area contributed by atoms with Gasteiger partial charge in [0.2, 0.25) is 11.8 Å². The topological polar surface area (TPSA) is 100 Å². The number of carbonyl (C=O) groups is 3. The second kappa shape index (κ2) is 6.23. The molecule has 1 aliphatic heterocycles. The normalized spacial score (nSPS) is 19.9. The molecule has 0 aliphatic carbocycles. The summed E-state index contributed by atoms with van der Waals surface area (Å²) < 4.78 is 4.95. The van der Waals surface area contributed by atoms with Crippen LogP contribution in [0, 0.1) is 0 Å². The molecule has 20 heavy (non-hydrogen) atoms. The van der Waals surface area contributed by atoms with Crippen LogP contribution in [0.4, 0.5) is 0 Å². The Labute approximate surface area is 116 Å². The first kappa shape index (κ1) is 14.1. The van der Waals surface area contributed by atoms with Crippen LogP contribution in [-0.2, 0) is 9.59 Å². The van der Waals surface area contributed by atoms with Crippen LogP contribution in [0.1, 0.15) is 30.3 Å². The van der Waals surface area contributed by atoms with Gasteiger partial charge in [-0.2, -0.15) is 0 Å². The third-order valence-corrected chi connectivity index (χ3v) is 3.10. The molecule has 0 bridgehead atoms. The molecule has 0 radical (unpaired) electrons. The molecule has 2 unspecified atom stereocenters. The zero-order chi connectivity index (χ0) is 14.5. The molecule has 2 atom stereocenters. The van der Waals surface area contributed by atoms with Crippen molar-refractivity contribution in [3.05, 3.63) is 24.2 Å². The Kier molecular flexibility index (Phi) is 4.39. The fraction of sp³-hybridized carbons (Fsp3) is 0.462. The standard InChI is InChI=1S/C13H17N3O4/c1-8(15-13(19)10-3-2-6-20-10)12(18)16-9-4-5-11(17)14-7-9/h2-3,6,8-9H,4-5,7H2,1H3,(H,14,17)(H,15,19)(H,16,18). The van der Waals surface area contributed by atoms with Crippen LogP contribution in [0.15, 0.2) is 22.8 Å². The van der Waals surface area contributed by atoms with Gasteiger partial charge in [-0.1, -0.05) is 0 Å². The summed E-state index contributed by atoms with van der Waals surface area (Å²) in [5.41, 5.74) is 0. The predicted octanol–water partition coefficient (Wildman–Crippen LogP) is -0.207. The van der Waals surface area contributed by atoms with Crippen molar-refractivity contribution in [2.24, 2.45) is 0 Å². The number of amides is 3. The third kappa shape index (κ3) is 3.59. The third-order valence-electron chi connectivity index (χ3n) is 3.10. The SMILES string of the molecule is CC(NC(=O)c1ccco1)C(=O)NC1CCC(=O)NC1. The van der Waals surface area contributed by atoms with E-state index >= 15 is 0 Å². The van der Waals surface area contributed by atoms with Gasteiger partial charge in [-0.05, 0) is 25.5 Å². The van der Waals surface area contributed by atoms with Crippen LogP contribution in [0.25, 0.3) is 0 Å². The first-order chi connectivity index (χ1) is 9.56. The van der Waals surface area contributed by atoms with Gasteiger partial charge < -0.3 is 20.4 Å². The Bertz CT molecular complexity index is 488. The largest absolute Gasteiger partial charge is 0.459 e. The lowest BCUT2D eigenvalue weighted by atomic mass is 10.1. The van der Waals surface area contributed by atoms with Gasteiger partial charge in [0.05, 0.1) is 6.26 Å². The van der Waals surface area contributed by atoms with E-state index in [0.717, 1.165) is 0 Å². The highest BCUT2D eigenvalue weighted by Gasteiger charge is 2.23. The number of nitrogens with one attached hydrogen (secondary N) is 3. The van der Waals surface area contributed by atoms with Crippen LogP contribution in [0.2, 0.25) is 0 Å². The lowest BCUT2D eigenvalue weighted by Gasteiger charge is -2.25. The van der Waals surface area contributed by atoms with Crippen LogP contribution >= 0.6 is 0 Å². The number of piperidine rings is 1. The Balaban J connectivity index is 1.80. The molecule has 108 valence electrons. The number of hydrogen-bond donors (Lipinski definition) is 3. The van der Waals surface area contributed by atoms with Gasteiger partial charge >= 0.3 is 0 Å². The zero-order valence-corrected chi connectivity index (χ0v) is 11.1. The van der Waals surface area contributed by atoms with E-state index in [1.165, 1.54) is 12.3 Å².